The van der Waals surface area contributed by atoms with Crippen molar-refractivity contribution < 1.29 is 14.6 Å². The number of methoxy groups -OCH3 is 1. The van der Waals surface area contributed by atoms with Crippen LogP contribution in [-0.2, 0) is 9.53 Å². The first-order chi connectivity index (χ1) is 6.21. The Labute approximate surface area is 78.3 Å². The molecular formula is C9H17NO3. The van der Waals surface area contributed by atoms with Crippen LogP contribution in [0.1, 0.15) is 25.7 Å². The summed E-state index contributed by atoms with van der Waals surface area (Å²) in [7, 11) is 1.61. The third kappa shape index (κ3) is 2.42. The molecule has 0 atom stereocenters. The van der Waals surface area contributed by atoms with Crippen molar-refractivity contribution >= 4 is 5.97 Å². The fourth-order valence-electron chi connectivity index (χ4n) is 1.84. The van der Waals surface area contributed by atoms with Crippen molar-refractivity contribution in [2.75, 3.05) is 20.3 Å². The molecule has 1 rings (SSSR count). The van der Waals surface area contributed by atoms with Gasteiger partial charge in [-0.25, -0.2) is 0 Å². The second kappa shape index (κ2) is 4.58. The van der Waals surface area contributed by atoms with E-state index in [0.29, 0.717) is 13.2 Å². The molecule has 0 bridgehead atoms. The van der Waals surface area contributed by atoms with Gasteiger partial charge in [-0.1, -0.05) is 12.8 Å². The number of carbonyl (C=O) groups is 1. The van der Waals surface area contributed by atoms with Crippen molar-refractivity contribution in [2.24, 2.45) is 0 Å². The summed E-state index contributed by atoms with van der Waals surface area (Å²) in [4.78, 5) is 11.0. The lowest BCUT2D eigenvalue weighted by Crippen LogP contribution is -2.50. The monoisotopic (exact) mass is 187 g/mol. The van der Waals surface area contributed by atoms with E-state index in [1.165, 1.54) is 0 Å². The highest BCUT2D eigenvalue weighted by molar-refractivity contribution is 5.79. The average Bonchev–Trinajstić information content (AvgIpc) is 2.55. The molecule has 13 heavy (non-hydrogen) atoms. The third-order valence-corrected chi connectivity index (χ3v) is 2.64. The normalized spacial score (nSPS) is 20.4. The van der Waals surface area contributed by atoms with Crippen LogP contribution in [0.4, 0.5) is 0 Å². The van der Waals surface area contributed by atoms with E-state index in [2.05, 4.69) is 5.32 Å². The molecule has 0 amide bonds. The summed E-state index contributed by atoms with van der Waals surface area (Å²) in [6.07, 6.45) is 3.50. The highest BCUT2D eigenvalue weighted by atomic mass is 16.5. The van der Waals surface area contributed by atoms with Crippen molar-refractivity contribution in [3.8, 4) is 0 Å². The minimum absolute atomic E-state index is 0.565. The number of carboxylic acid groups (broad SMARTS) is 1. The van der Waals surface area contributed by atoms with Gasteiger partial charge < -0.3 is 9.84 Å². The van der Waals surface area contributed by atoms with Gasteiger partial charge in [-0.15, -0.1) is 0 Å². The highest BCUT2D eigenvalue weighted by Gasteiger charge is 2.40. The zero-order valence-electron chi connectivity index (χ0n) is 8.01. The predicted octanol–water partition coefficient (Wildman–Crippen LogP) is 0.620. The molecule has 0 unspecified atom stereocenters. The topological polar surface area (TPSA) is 58.6 Å². The Balaban J connectivity index is 2.43. The van der Waals surface area contributed by atoms with Gasteiger partial charge >= 0.3 is 5.97 Å². The van der Waals surface area contributed by atoms with Gasteiger partial charge in [0.05, 0.1) is 6.61 Å². The molecule has 1 fully saturated rings. The molecule has 0 aromatic rings. The Kier molecular flexibility index (Phi) is 3.69. The third-order valence-electron chi connectivity index (χ3n) is 2.64. The molecular weight excluding hydrogens is 170 g/mol. The van der Waals surface area contributed by atoms with Crippen molar-refractivity contribution in [1.82, 2.24) is 5.32 Å². The average molecular weight is 187 g/mol. The minimum atomic E-state index is -0.721. The first-order valence-electron chi connectivity index (χ1n) is 4.69. The zero-order chi connectivity index (χ0) is 9.73. The molecule has 4 heteroatoms. The van der Waals surface area contributed by atoms with E-state index in [1.807, 2.05) is 0 Å². The Bertz CT molecular complexity index is 176. The molecule has 0 spiro atoms. The first kappa shape index (κ1) is 10.5. The minimum Gasteiger partial charge on any atom is -0.480 e. The Morgan fingerprint density at radius 2 is 2.15 bits per heavy atom. The quantitative estimate of drug-likeness (QED) is 0.619. The van der Waals surface area contributed by atoms with E-state index >= 15 is 0 Å². The molecule has 0 aliphatic heterocycles. The van der Waals surface area contributed by atoms with Crippen molar-refractivity contribution in [3.05, 3.63) is 0 Å². The van der Waals surface area contributed by atoms with Crippen LogP contribution in [0.25, 0.3) is 0 Å². The molecule has 0 radical (unpaired) electrons. The van der Waals surface area contributed by atoms with E-state index in [9.17, 15) is 4.79 Å². The smallest absolute Gasteiger partial charge is 0.323 e. The molecule has 4 nitrogen and oxygen atoms in total. The lowest BCUT2D eigenvalue weighted by atomic mass is 9.98. The van der Waals surface area contributed by atoms with Crippen LogP contribution in [0.3, 0.4) is 0 Å². The lowest BCUT2D eigenvalue weighted by Gasteiger charge is -2.25. The lowest BCUT2D eigenvalue weighted by molar-refractivity contribution is -0.144. The Morgan fingerprint density at radius 1 is 1.54 bits per heavy atom. The Hall–Kier alpha value is -0.610. The molecule has 0 heterocycles. The fraction of sp³-hybridized carbons (Fsp3) is 0.889. The van der Waals surface area contributed by atoms with E-state index in [0.717, 1.165) is 25.7 Å². The molecule has 2 N–H and O–H groups in total. The van der Waals surface area contributed by atoms with Gasteiger partial charge in [0, 0.05) is 13.7 Å². The predicted molar refractivity (Wildman–Crippen MR) is 48.7 cm³/mol. The maximum Gasteiger partial charge on any atom is 0.323 e. The SMILES string of the molecule is COCCNC1(C(=O)O)CCCC1. The van der Waals surface area contributed by atoms with Gasteiger partial charge in [-0.05, 0) is 12.8 Å². The number of aliphatic carboxylic acids is 1. The van der Waals surface area contributed by atoms with E-state index in [1.54, 1.807) is 7.11 Å². The highest BCUT2D eigenvalue weighted by Crippen LogP contribution is 2.29. The number of rotatable bonds is 5. The maximum atomic E-state index is 11.0. The second-order valence-corrected chi connectivity index (χ2v) is 3.51. The van der Waals surface area contributed by atoms with Gasteiger partial charge in [-0.3, -0.25) is 10.1 Å². The van der Waals surface area contributed by atoms with Crippen molar-refractivity contribution in [1.29, 1.82) is 0 Å². The summed E-state index contributed by atoms with van der Waals surface area (Å²) in [5, 5.41) is 12.1. The van der Waals surface area contributed by atoms with Crippen LogP contribution >= 0.6 is 0 Å². The largest absolute Gasteiger partial charge is 0.480 e. The van der Waals surface area contributed by atoms with Gasteiger partial charge in [0.25, 0.3) is 0 Å². The van der Waals surface area contributed by atoms with Crippen LogP contribution in [-0.4, -0.2) is 36.9 Å². The summed E-state index contributed by atoms with van der Waals surface area (Å²) in [6.45, 7) is 1.18. The van der Waals surface area contributed by atoms with Gasteiger partial charge in [0.1, 0.15) is 5.54 Å². The van der Waals surface area contributed by atoms with Crippen LogP contribution in [0.15, 0.2) is 0 Å². The van der Waals surface area contributed by atoms with Crippen LogP contribution in [0, 0.1) is 0 Å². The number of hydrogen-bond donors (Lipinski definition) is 2. The summed E-state index contributed by atoms with van der Waals surface area (Å²) in [6, 6.07) is 0. The zero-order valence-corrected chi connectivity index (χ0v) is 8.01. The molecule has 0 aromatic carbocycles. The van der Waals surface area contributed by atoms with Crippen LogP contribution in [0.5, 0.6) is 0 Å². The van der Waals surface area contributed by atoms with Crippen LogP contribution in [0.2, 0.25) is 0 Å². The van der Waals surface area contributed by atoms with E-state index < -0.39 is 11.5 Å². The number of nitrogens with one attached hydrogen (secondary N) is 1. The van der Waals surface area contributed by atoms with E-state index in [4.69, 9.17) is 9.84 Å². The molecule has 1 saturated carbocycles. The number of carboxylic acids is 1. The standard InChI is InChI=1S/C9H17NO3/c1-13-7-6-10-9(8(11)12)4-2-3-5-9/h10H,2-7H2,1H3,(H,11,12). The van der Waals surface area contributed by atoms with Gasteiger partial charge in [-0.2, -0.15) is 0 Å². The van der Waals surface area contributed by atoms with Gasteiger partial charge in [0.15, 0.2) is 0 Å². The fourth-order valence-corrected chi connectivity index (χ4v) is 1.84. The van der Waals surface area contributed by atoms with Crippen LogP contribution < -0.4 is 5.32 Å². The van der Waals surface area contributed by atoms with Crippen molar-refractivity contribution in [3.63, 3.8) is 0 Å². The molecule has 1 aliphatic carbocycles. The second-order valence-electron chi connectivity index (χ2n) is 3.51. The summed E-state index contributed by atoms with van der Waals surface area (Å²) < 4.78 is 4.87. The number of hydrogen-bond acceptors (Lipinski definition) is 3. The molecule has 0 aromatic heterocycles. The summed E-state index contributed by atoms with van der Waals surface area (Å²) in [5.74, 6) is -0.721. The first-order valence-corrected chi connectivity index (χ1v) is 4.69. The summed E-state index contributed by atoms with van der Waals surface area (Å²) >= 11 is 0. The van der Waals surface area contributed by atoms with Gasteiger partial charge in [0.2, 0.25) is 0 Å². The molecule has 76 valence electrons. The maximum absolute atomic E-state index is 11.0. The molecule has 1 aliphatic rings. The van der Waals surface area contributed by atoms with Crippen molar-refractivity contribution in [2.45, 2.75) is 31.2 Å². The number of ether oxygens (including phenoxy) is 1. The summed E-state index contributed by atoms with van der Waals surface area (Å²) in [5.41, 5.74) is -0.668. The van der Waals surface area contributed by atoms with E-state index in [-0.39, 0.29) is 0 Å². The Morgan fingerprint density at radius 3 is 2.62 bits per heavy atom. The molecule has 0 saturated heterocycles.